The highest BCUT2D eigenvalue weighted by Crippen LogP contribution is 2.07. The van der Waals surface area contributed by atoms with Gasteiger partial charge < -0.3 is 26.8 Å². The molecular weight excluding hydrogens is 312 g/mol. The molecule has 0 aromatic carbocycles. The topological polar surface area (TPSA) is 134 Å². The Bertz CT molecular complexity index is 447. The molecule has 4 atom stereocenters. The number of aliphatic hydroxyl groups is 1. The Hall–Kier alpha value is -1.51. The first-order valence-corrected chi connectivity index (χ1v) is 8.53. The van der Waals surface area contributed by atoms with Crippen molar-refractivity contribution in [3.05, 3.63) is 0 Å². The molecule has 8 nitrogen and oxygen atoms in total. The number of Topliss-reactive ketones (excluding diaryl/α,β-unsaturated/α-hetero) is 1. The van der Waals surface area contributed by atoms with Crippen LogP contribution in [0.25, 0.3) is 0 Å². The monoisotopic (exact) mass is 342 g/mol. The Balaban J connectivity index is 2.73. The molecule has 1 fully saturated rings. The van der Waals surface area contributed by atoms with E-state index in [4.69, 9.17) is 5.73 Å². The quantitative estimate of drug-likeness (QED) is 0.352. The van der Waals surface area contributed by atoms with Crippen LogP contribution in [0.3, 0.4) is 0 Å². The van der Waals surface area contributed by atoms with Crippen LogP contribution in [-0.4, -0.2) is 60.0 Å². The lowest BCUT2D eigenvalue weighted by Crippen LogP contribution is -2.58. The maximum absolute atomic E-state index is 12.4. The summed E-state index contributed by atoms with van der Waals surface area (Å²) in [6.07, 6.45) is 0.822. The highest BCUT2D eigenvalue weighted by Gasteiger charge is 2.32. The van der Waals surface area contributed by atoms with Gasteiger partial charge in [-0.3, -0.25) is 14.4 Å². The number of carbonyl (C=O) groups excluding carboxylic acids is 3. The van der Waals surface area contributed by atoms with E-state index in [1.54, 1.807) is 13.8 Å². The molecule has 0 aromatic heterocycles. The first kappa shape index (κ1) is 20.5. The van der Waals surface area contributed by atoms with E-state index in [1.165, 1.54) is 6.92 Å². The van der Waals surface area contributed by atoms with E-state index in [0.29, 0.717) is 12.8 Å². The van der Waals surface area contributed by atoms with Gasteiger partial charge in [0.1, 0.15) is 6.04 Å². The van der Waals surface area contributed by atoms with Gasteiger partial charge in [0.2, 0.25) is 11.8 Å². The molecule has 0 spiro atoms. The smallest absolute Gasteiger partial charge is 0.245 e. The van der Waals surface area contributed by atoms with Crippen LogP contribution in [0.5, 0.6) is 0 Å². The van der Waals surface area contributed by atoms with Gasteiger partial charge in [-0.05, 0) is 39.3 Å². The van der Waals surface area contributed by atoms with Crippen molar-refractivity contribution in [3.8, 4) is 0 Å². The lowest BCUT2D eigenvalue weighted by atomic mass is 9.98. The molecule has 0 saturated carbocycles. The first-order chi connectivity index (χ1) is 11.3. The molecule has 0 aromatic rings. The fourth-order valence-electron chi connectivity index (χ4n) is 2.68. The Morgan fingerprint density at radius 2 is 1.92 bits per heavy atom. The summed E-state index contributed by atoms with van der Waals surface area (Å²) >= 11 is 0. The number of nitrogens with two attached hydrogens (primary N) is 1. The number of hydrogen-bond donors (Lipinski definition) is 5. The molecule has 1 saturated heterocycles. The van der Waals surface area contributed by atoms with Crippen LogP contribution in [0.1, 0.15) is 40.0 Å². The van der Waals surface area contributed by atoms with Crippen molar-refractivity contribution in [2.24, 2.45) is 11.7 Å². The van der Waals surface area contributed by atoms with Crippen molar-refractivity contribution in [1.29, 1.82) is 0 Å². The SMILES string of the molecule is CC(C)C(=O)[C@H](CCN)NC(=O)[C@@H](NC(=O)[C@H]1CCCN1)C(C)O. The summed E-state index contributed by atoms with van der Waals surface area (Å²) in [6.45, 7) is 5.93. The number of aliphatic hydroxyl groups excluding tert-OH is 1. The molecule has 2 amide bonds. The van der Waals surface area contributed by atoms with E-state index in [2.05, 4.69) is 16.0 Å². The van der Waals surface area contributed by atoms with Crippen LogP contribution >= 0.6 is 0 Å². The van der Waals surface area contributed by atoms with Crippen molar-refractivity contribution in [2.75, 3.05) is 13.1 Å². The van der Waals surface area contributed by atoms with Gasteiger partial charge >= 0.3 is 0 Å². The zero-order chi connectivity index (χ0) is 18.3. The number of hydrogen-bond acceptors (Lipinski definition) is 6. The summed E-state index contributed by atoms with van der Waals surface area (Å²) in [5.41, 5.74) is 5.51. The molecule has 1 unspecified atom stereocenters. The van der Waals surface area contributed by atoms with Gasteiger partial charge in [0.05, 0.1) is 18.2 Å². The van der Waals surface area contributed by atoms with Crippen LogP contribution < -0.4 is 21.7 Å². The standard InChI is InChI=1S/C16H30N4O4/c1-9(2)14(22)11(6-7-17)19-16(24)13(10(3)21)20-15(23)12-5-4-8-18-12/h9-13,18,21H,4-8,17H2,1-3H3,(H,19,24)(H,20,23)/t10?,11-,12+,13-/m0/s1. The highest BCUT2D eigenvalue weighted by atomic mass is 16.3. The van der Waals surface area contributed by atoms with Crippen LogP contribution in [0.4, 0.5) is 0 Å². The number of amides is 2. The fraction of sp³-hybridized carbons (Fsp3) is 0.812. The molecule has 1 rings (SSSR count). The normalized spacial score (nSPS) is 21.2. The van der Waals surface area contributed by atoms with Gasteiger partial charge in [0, 0.05) is 5.92 Å². The zero-order valence-corrected chi connectivity index (χ0v) is 14.7. The van der Waals surface area contributed by atoms with Crippen LogP contribution in [0, 0.1) is 5.92 Å². The van der Waals surface area contributed by atoms with Crippen molar-refractivity contribution in [1.82, 2.24) is 16.0 Å². The third-order valence-corrected chi connectivity index (χ3v) is 4.12. The second-order valence-electron chi connectivity index (χ2n) is 6.57. The summed E-state index contributed by atoms with van der Waals surface area (Å²) in [5.74, 6) is -1.27. The molecule has 1 heterocycles. The molecule has 6 N–H and O–H groups in total. The Morgan fingerprint density at radius 3 is 2.38 bits per heavy atom. The third-order valence-electron chi connectivity index (χ3n) is 4.12. The third kappa shape index (κ3) is 5.85. The van der Waals surface area contributed by atoms with Gasteiger partial charge in [-0.15, -0.1) is 0 Å². The molecule has 138 valence electrons. The molecular formula is C16H30N4O4. The number of carbonyl (C=O) groups is 3. The van der Waals surface area contributed by atoms with Gasteiger partial charge in [-0.2, -0.15) is 0 Å². The minimum absolute atomic E-state index is 0.123. The number of rotatable bonds is 9. The Labute approximate surface area is 142 Å². The molecule has 0 radical (unpaired) electrons. The Morgan fingerprint density at radius 1 is 1.25 bits per heavy atom. The zero-order valence-electron chi connectivity index (χ0n) is 14.7. The molecule has 0 bridgehead atoms. The molecule has 1 aliphatic heterocycles. The van der Waals surface area contributed by atoms with Crippen LogP contribution in [-0.2, 0) is 14.4 Å². The summed E-state index contributed by atoms with van der Waals surface area (Å²) < 4.78 is 0. The van der Waals surface area contributed by atoms with Crippen LogP contribution in [0.15, 0.2) is 0 Å². The van der Waals surface area contributed by atoms with Crippen LogP contribution in [0.2, 0.25) is 0 Å². The maximum atomic E-state index is 12.4. The Kier molecular flexibility index (Phi) is 8.30. The lowest BCUT2D eigenvalue weighted by molar-refractivity contribution is -0.135. The first-order valence-electron chi connectivity index (χ1n) is 8.53. The van der Waals surface area contributed by atoms with Crippen molar-refractivity contribution < 1.29 is 19.5 Å². The molecule has 0 aliphatic carbocycles. The fourth-order valence-corrected chi connectivity index (χ4v) is 2.68. The van der Waals surface area contributed by atoms with Gasteiger partial charge in [0.25, 0.3) is 0 Å². The van der Waals surface area contributed by atoms with E-state index >= 15 is 0 Å². The van der Waals surface area contributed by atoms with Crippen molar-refractivity contribution >= 4 is 17.6 Å². The minimum atomic E-state index is -1.11. The number of nitrogens with one attached hydrogen (secondary N) is 3. The van der Waals surface area contributed by atoms with E-state index in [9.17, 15) is 19.5 Å². The second-order valence-corrected chi connectivity index (χ2v) is 6.57. The highest BCUT2D eigenvalue weighted by molar-refractivity contribution is 5.94. The largest absolute Gasteiger partial charge is 0.391 e. The summed E-state index contributed by atoms with van der Waals surface area (Å²) in [5, 5.41) is 18.1. The second kappa shape index (κ2) is 9.71. The summed E-state index contributed by atoms with van der Waals surface area (Å²) in [6, 6.07) is -2.18. The average Bonchev–Trinajstić information content (AvgIpc) is 3.05. The van der Waals surface area contributed by atoms with E-state index in [0.717, 1.165) is 13.0 Å². The maximum Gasteiger partial charge on any atom is 0.245 e. The van der Waals surface area contributed by atoms with E-state index in [-0.39, 0.29) is 30.2 Å². The average molecular weight is 342 g/mol. The predicted molar refractivity (Wildman–Crippen MR) is 90.1 cm³/mol. The summed E-state index contributed by atoms with van der Waals surface area (Å²) in [7, 11) is 0. The number of ketones is 1. The van der Waals surface area contributed by atoms with E-state index in [1.807, 2.05) is 0 Å². The minimum Gasteiger partial charge on any atom is -0.391 e. The predicted octanol–water partition coefficient (Wildman–Crippen LogP) is -1.34. The van der Waals surface area contributed by atoms with Crippen molar-refractivity contribution in [2.45, 2.75) is 64.3 Å². The molecule has 8 heteroatoms. The van der Waals surface area contributed by atoms with Crippen molar-refractivity contribution in [3.63, 3.8) is 0 Å². The lowest BCUT2D eigenvalue weighted by Gasteiger charge is -2.26. The summed E-state index contributed by atoms with van der Waals surface area (Å²) in [4.78, 5) is 36.8. The van der Waals surface area contributed by atoms with E-state index < -0.39 is 24.1 Å². The van der Waals surface area contributed by atoms with Gasteiger partial charge in [0.15, 0.2) is 5.78 Å². The van der Waals surface area contributed by atoms with Gasteiger partial charge in [-0.1, -0.05) is 13.8 Å². The molecule has 24 heavy (non-hydrogen) atoms. The molecule has 1 aliphatic rings. The van der Waals surface area contributed by atoms with Gasteiger partial charge in [-0.25, -0.2) is 0 Å².